The van der Waals surface area contributed by atoms with E-state index in [4.69, 9.17) is 10.00 Å². The second-order valence-corrected chi connectivity index (χ2v) is 3.89. The molecule has 4 nitrogen and oxygen atoms in total. The Morgan fingerprint density at radius 3 is 2.81 bits per heavy atom. The van der Waals surface area contributed by atoms with Crippen molar-refractivity contribution >= 4 is 6.09 Å². The molecule has 1 amide bonds. The van der Waals surface area contributed by atoms with Crippen LogP contribution >= 0.6 is 0 Å². The van der Waals surface area contributed by atoms with Crippen LogP contribution in [0.1, 0.15) is 32.6 Å². The normalized spacial score (nSPS) is 15.5. The predicted molar refractivity (Wildman–Crippen MR) is 60.8 cm³/mol. The maximum absolute atomic E-state index is 11.6. The summed E-state index contributed by atoms with van der Waals surface area (Å²) in [7, 11) is 0. The Kier molecular flexibility index (Phi) is 5.41. The molecule has 88 valence electrons. The quantitative estimate of drug-likeness (QED) is 0.544. The van der Waals surface area contributed by atoms with Gasteiger partial charge in [-0.15, -0.1) is 0 Å². The van der Waals surface area contributed by atoms with Crippen LogP contribution in [-0.2, 0) is 4.74 Å². The third-order valence-corrected chi connectivity index (χ3v) is 2.66. The van der Waals surface area contributed by atoms with Crippen molar-refractivity contribution < 1.29 is 9.53 Å². The summed E-state index contributed by atoms with van der Waals surface area (Å²) < 4.78 is 5.12. The van der Waals surface area contributed by atoms with E-state index in [1.54, 1.807) is 11.0 Å². The number of nitrogens with zero attached hydrogens (tertiary/aromatic N) is 2. The number of unbranched alkanes of at least 4 members (excludes halogenated alkanes) is 1. The molecule has 0 saturated carbocycles. The number of allylic oxidation sites excluding steroid dienone is 1. The number of carbonyl (C=O) groups excluding carboxylic acids is 1. The van der Waals surface area contributed by atoms with Gasteiger partial charge in [0.15, 0.2) is 0 Å². The standard InChI is InChI=1S/C12H18N2O2/c1-2-3-10-16-12(15)14-8-5-11(4-7-13)6-9-14/h4H,2-3,5-6,8-10H2,1H3. The third-order valence-electron chi connectivity index (χ3n) is 2.66. The smallest absolute Gasteiger partial charge is 0.409 e. The van der Waals surface area contributed by atoms with Crippen molar-refractivity contribution in [1.82, 2.24) is 4.90 Å². The zero-order valence-corrected chi connectivity index (χ0v) is 9.74. The molecule has 1 fully saturated rings. The second kappa shape index (κ2) is 6.89. The Bertz CT molecular complexity index is 295. The van der Waals surface area contributed by atoms with Gasteiger partial charge in [-0.25, -0.2) is 4.79 Å². The van der Waals surface area contributed by atoms with Gasteiger partial charge in [-0.2, -0.15) is 5.26 Å². The van der Waals surface area contributed by atoms with Crippen LogP contribution in [0.25, 0.3) is 0 Å². The minimum absolute atomic E-state index is 0.218. The second-order valence-electron chi connectivity index (χ2n) is 3.89. The Balaban J connectivity index is 2.28. The van der Waals surface area contributed by atoms with E-state index in [2.05, 4.69) is 6.92 Å². The number of hydrogen-bond donors (Lipinski definition) is 0. The van der Waals surface area contributed by atoms with Crippen LogP contribution in [0.2, 0.25) is 0 Å². The van der Waals surface area contributed by atoms with E-state index in [9.17, 15) is 4.79 Å². The fourth-order valence-corrected chi connectivity index (χ4v) is 1.61. The van der Waals surface area contributed by atoms with Gasteiger partial charge in [0.25, 0.3) is 0 Å². The van der Waals surface area contributed by atoms with Crippen molar-refractivity contribution in [3.8, 4) is 6.07 Å². The number of ether oxygens (including phenoxy) is 1. The molecule has 0 aromatic carbocycles. The maximum atomic E-state index is 11.6. The largest absolute Gasteiger partial charge is 0.449 e. The topological polar surface area (TPSA) is 53.3 Å². The van der Waals surface area contributed by atoms with Crippen LogP contribution in [0.4, 0.5) is 4.79 Å². The Morgan fingerprint density at radius 1 is 1.56 bits per heavy atom. The highest BCUT2D eigenvalue weighted by Gasteiger charge is 2.19. The lowest BCUT2D eigenvalue weighted by Crippen LogP contribution is -2.36. The van der Waals surface area contributed by atoms with Gasteiger partial charge in [-0.05, 0) is 19.3 Å². The molecule has 0 N–H and O–H groups in total. The molecule has 1 aliphatic heterocycles. The molecule has 0 unspecified atom stereocenters. The predicted octanol–water partition coefficient (Wildman–Crippen LogP) is 2.47. The van der Waals surface area contributed by atoms with E-state index >= 15 is 0 Å². The van der Waals surface area contributed by atoms with Gasteiger partial charge in [0.05, 0.1) is 12.7 Å². The molecule has 4 heteroatoms. The summed E-state index contributed by atoms with van der Waals surface area (Å²) in [5, 5.41) is 8.51. The number of rotatable bonds is 3. The van der Waals surface area contributed by atoms with E-state index in [1.165, 1.54) is 0 Å². The van der Waals surface area contributed by atoms with Crippen molar-refractivity contribution in [3.05, 3.63) is 11.6 Å². The molecule has 1 saturated heterocycles. The molecule has 0 aromatic heterocycles. The monoisotopic (exact) mass is 222 g/mol. The molecule has 0 radical (unpaired) electrons. The highest BCUT2D eigenvalue weighted by atomic mass is 16.6. The lowest BCUT2D eigenvalue weighted by molar-refractivity contribution is 0.0983. The minimum Gasteiger partial charge on any atom is -0.449 e. The molecule has 0 aromatic rings. The first-order chi connectivity index (χ1) is 7.77. The van der Waals surface area contributed by atoms with Gasteiger partial charge in [0, 0.05) is 19.2 Å². The van der Waals surface area contributed by atoms with Gasteiger partial charge >= 0.3 is 6.09 Å². The van der Waals surface area contributed by atoms with Crippen LogP contribution in [0.5, 0.6) is 0 Å². The summed E-state index contributed by atoms with van der Waals surface area (Å²) in [6, 6.07) is 2.03. The number of nitriles is 1. The molecule has 1 rings (SSSR count). The zero-order chi connectivity index (χ0) is 11.8. The average Bonchev–Trinajstić information content (AvgIpc) is 2.30. The Hall–Kier alpha value is -1.50. The fourth-order valence-electron chi connectivity index (χ4n) is 1.61. The highest BCUT2D eigenvalue weighted by Crippen LogP contribution is 2.16. The summed E-state index contributed by atoms with van der Waals surface area (Å²) in [5.74, 6) is 0. The average molecular weight is 222 g/mol. The van der Waals surface area contributed by atoms with E-state index in [0.717, 1.165) is 31.3 Å². The Morgan fingerprint density at radius 2 is 2.25 bits per heavy atom. The van der Waals surface area contributed by atoms with Gasteiger partial charge in [0.1, 0.15) is 0 Å². The van der Waals surface area contributed by atoms with Crippen molar-refractivity contribution in [2.75, 3.05) is 19.7 Å². The summed E-state index contributed by atoms with van der Waals surface area (Å²) in [6.07, 6.45) is 4.89. The zero-order valence-electron chi connectivity index (χ0n) is 9.74. The first-order valence-electron chi connectivity index (χ1n) is 5.77. The lowest BCUT2D eigenvalue weighted by atomic mass is 10.0. The van der Waals surface area contributed by atoms with Crippen LogP contribution in [0.3, 0.4) is 0 Å². The van der Waals surface area contributed by atoms with Crippen molar-refractivity contribution in [2.24, 2.45) is 0 Å². The van der Waals surface area contributed by atoms with Crippen LogP contribution < -0.4 is 0 Å². The highest BCUT2D eigenvalue weighted by molar-refractivity contribution is 5.67. The van der Waals surface area contributed by atoms with Crippen LogP contribution in [-0.4, -0.2) is 30.7 Å². The van der Waals surface area contributed by atoms with E-state index in [-0.39, 0.29) is 6.09 Å². The van der Waals surface area contributed by atoms with Gasteiger partial charge in [0.2, 0.25) is 0 Å². The minimum atomic E-state index is -0.218. The first-order valence-corrected chi connectivity index (χ1v) is 5.77. The van der Waals surface area contributed by atoms with Gasteiger partial charge in [-0.3, -0.25) is 0 Å². The SMILES string of the molecule is CCCCOC(=O)N1CCC(=CC#N)CC1. The molecule has 0 bridgehead atoms. The van der Waals surface area contributed by atoms with Crippen molar-refractivity contribution in [1.29, 1.82) is 5.26 Å². The molecular weight excluding hydrogens is 204 g/mol. The Labute approximate surface area is 96.5 Å². The van der Waals surface area contributed by atoms with Crippen molar-refractivity contribution in [2.45, 2.75) is 32.6 Å². The van der Waals surface area contributed by atoms with E-state index < -0.39 is 0 Å². The number of amides is 1. The summed E-state index contributed by atoms with van der Waals surface area (Å²) in [4.78, 5) is 13.3. The number of likely N-dealkylation sites (tertiary alicyclic amines) is 1. The summed E-state index contributed by atoms with van der Waals surface area (Å²) in [5.41, 5.74) is 1.13. The molecular formula is C12H18N2O2. The number of piperidine rings is 1. The number of carbonyl (C=O) groups is 1. The van der Waals surface area contributed by atoms with Crippen molar-refractivity contribution in [3.63, 3.8) is 0 Å². The number of hydrogen-bond acceptors (Lipinski definition) is 3. The maximum Gasteiger partial charge on any atom is 0.409 e. The van der Waals surface area contributed by atoms with E-state index in [1.807, 2.05) is 6.07 Å². The summed E-state index contributed by atoms with van der Waals surface area (Å²) in [6.45, 7) is 3.90. The molecule has 0 spiro atoms. The summed E-state index contributed by atoms with van der Waals surface area (Å²) >= 11 is 0. The molecule has 0 atom stereocenters. The molecule has 1 aliphatic rings. The lowest BCUT2D eigenvalue weighted by Gasteiger charge is -2.27. The van der Waals surface area contributed by atoms with Crippen LogP contribution in [0.15, 0.2) is 11.6 Å². The molecule has 0 aliphatic carbocycles. The third kappa shape index (κ3) is 3.93. The van der Waals surface area contributed by atoms with Gasteiger partial charge < -0.3 is 9.64 Å². The first kappa shape index (κ1) is 12.6. The molecule has 1 heterocycles. The fraction of sp³-hybridized carbons (Fsp3) is 0.667. The van der Waals surface area contributed by atoms with E-state index in [0.29, 0.717) is 19.7 Å². The van der Waals surface area contributed by atoms with Gasteiger partial charge in [-0.1, -0.05) is 18.9 Å². The molecule has 16 heavy (non-hydrogen) atoms. The van der Waals surface area contributed by atoms with Crippen LogP contribution in [0, 0.1) is 11.3 Å².